The summed E-state index contributed by atoms with van der Waals surface area (Å²) in [6, 6.07) is 4.23. The summed E-state index contributed by atoms with van der Waals surface area (Å²) in [5, 5.41) is 0. The molecule has 0 amide bonds. The van der Waals surface area contributed by atoms with Crippen molar-refractivity contribution in [2.75, 3.05) is 0 Å². The molecule has 0 aromatic heterocycles. The number of benzene rings is 1. The van der Waals surface area contributed by atoms with E-state index in [0.29, 0.717) is 17.5 Å². The predicted molar refractivity (Wildman–Crippen MR) is 40.6 cm³/mol. The Morgan fingerprint density at radius 3 is 2.82 bits per heavy atom. The fourth-order valence-corrected chi connectivity index (χ4v) is 0.909. The smallest absolute Gasteiger partial charge is 0.233 e. The molecule has 1 rings (SSSR count). The number of carbonyl (C=O) groups excluding carboxylic acids is 1. The van der Waals surface area contributed by atoms with Crippen LogP contribution in [-0.2, 0) is 11.2 Å². The highest BCUT2D eigenvalue weighted by atomic mass is 19.1. The van der Waals surface area contributed by atoms with E-state index in [9.17, 15) is 9.18 Å². The quantitative estimate of drug-likeness (QED) is 0.630. The SMILES string of the molecule is CCc1cc([C]=O)ccc1F. The van der Waals surface area contributed by atoms with Crippen molar-refractivity contribution >= 4 is 6.29 Å². The van der Waals surface area contributed by atoms with Gasteiger partial charge in [-0.1, -0.05) is 6.92 Å². The van der Waals surface area contributed by atoms with Crippen LogP contribution >= 0.6 is 0 Å². The van der Waals surface area contributed by atoms with Crippen molar-refractivity contribution in [2.24, 2.45) is 0 Å². The zero-order valence-electron chi connectivity index (χ0n) is 6.23. The molecule has 0 saturated carbocycles. The van der Waals surface area contributed by atoms with E-state index in [1.165, 1.54) is 18.2 Å². The Bertz CT molecular complexity index is 268. The first kappa shape index (κ1) is 7.92. The molecule has 0 aliphatic rings. The van der Waals surface area contributed by atoms with Gasteiger partial charge in [0.15, 0.2) is 0 Å². The fourth-order valence-electron chi connectivity index (χ4n) is 0.909. The highest BCUT2D eigenvalue weighted by Gasteiger charge is 2.00. The maximum atomic E-state index is 12.8. The third kappa shape index (κ3) is 1.64. The monoisotopic (exact) mass is 151 g/mol. The number of hydrogen-bond donors (Lipinski definition) is 0. The van der Waals surface area contributed by atoms with Crippen LogP contribution in [0.3, 0.4) is 0 Å². The average molecular weight is 151 g/mol. The summed E-state index contributed by atoms with van der Waals surface area (Å²) in [5.74, 6) is -0.258. The lowest BCUT2D eigenvalue weighted by Gasteiger charge is -1.98. The highest BCUT2D eigenvalue weighted by Crippen LogP contribution is 2.09. The fraction of sp³-hybridized carbons (Fsp3) is 0.222. The Morgan fingerprint density at radius 2 is 2.27 bits per heavy atom. The van der Waals surface area contributed by atoms with Gasteiger partial charge in [-0.05, 0) is 30.2 Å². The van der Waals surface area contributed by atoms with Gasteiger partial charge in [-0.3, -0.25) is 4.79 Å². The van der Waals surface area contributed by atoms with Crippen molar-refractivity contribution in [3.63, 3.8) is 0 Å². The lowest BCUT2D eigenvalue weighted by Crippen LogP contribution is -1.89. The van der Waals surface area contributed by atoms with Crippen LogP contribution in [0, 0.1) is 5.82 Å². The van der Waals surface area contributed by atoms with E-state index in [1.807, 2.05) is 6.92 Å². The predicted octanol–water partition coefficient (Wildman–Crippen LogP) is 1.85. The van der Waals surface area contributed by atoms with E-state index in [1.54, 1.807) is 6.29 Å². The Balaban J connectivity index is 3.12. The molecule has 0 aliphatic carbocycles. The molecule has 1 aromatic carbocycles. The molecule has 1 aromatic rings. The van der Waals surface area contributed by atoms with Crippen LogP contribution < -0.4 is 0 Å². The molecule has 0 saturated heterocycles. The van der Waals surface area contributed by atoms with Crippen LogP contribution in [0.5, 0.6) is 0 Å². The first-order chi connectivity index (χ1) is 5.27. The Kier molecular flexibility index (Phi) is 2.36. The van der Waals surface area contributed by atoms with Crippen LogP contribution in [-0.4, -0.2) is 6.29 Å². The van der Waals surface area contributed by atoms with Gasteiger partial charge < -0.3 is 0 Å². The maximum Gasteiger partial charge on any atom is 0.233 e. The number of hydrogen-bond acceptors (Lipinski definition) is 1. The molecule has 0 atom stereocenters. The molecule has 0 fully saturated rings. The summed E-state index contributed by atoms with van der Waals surface area (Å²) in [5.41, 5.74) is 0.967. The van der Waals surface area contributed by atoms with Gasteiger partial charge in [-0.2, -0.15) is 0 Å². The van der Waals surface area contributed by atoms with E-state index >= 15 is 0 Å². The summed E-state index contributed by atoms with van der Waals surface area (Å²) in [7, 11) is 0. The summed E-state index contributed by atoms with van der Waals surface area (Å²) < 4.78 is 12.8. The second-order valence-corrected chi connectivity index (χ2v) is 2.26. The van der Waals surface area contributed by atoms with Crippen LogP contribution in [0.1, 0.15) is 18.1 Å². The van der Waals surface area contributed by atoms with Gasteiger partial charge >= 0.3 is 0 Å². The second kappa shape index (κ2) is 3.28. The normalized spacial score (nSPS) is 9.64. The lowest BCUT2D eigenvalue weighted by atomic mass is 10.1. The van der Waals surface area contributed by atoms with Gasteiger partial charge in [-0.25, -0.2) is 4.39 Å². The van der Waals surface area contributed by atoms with E-state index in [0.717, 1.165) is 0 Å². The molecule has 0 heterocycles. The van der Waals surface area contributed by atoms with Gasteiger partial charge in [0.25, 0.3) is 0 Å². The third-order valence-corrected chi connectivity index (χ3v) is 1.54. The van der Waals surface area contributed by atoms with Crippen LogP contribution in [0.4, 0.5) is 4.39 Å². The second-order valence-electron chi connectivity index (χ2n) is 2.26. The molecule has 0 N–H and O–H groups in total. The van der Waals surface area contributed by atoms with Gasteiger partial charge in [0.05, 0.1) is 0 Å². The molecule has 0 aliphatic heterocycles. The van der Waals surface area contributed by atoms with Gasteiger partial charge in [0.1, 0.15) is 5.82 Å². The molecule has 57 valence electrons. The lowest BCUT2D eigenvalue weighted by molar-refractivity contribution is 0.562. The standard InChI is InChI=1S/C9H8FO/c1-2-8-5-7(6-11)3-4-9(8)10/h3-5H,2H2,1H3. The molecule has 1 nitrogen and oxygen atoms in total. The van der Waals surface area contributed by atoms with Crippen LogP contribution in [0.25, 0.3) is 0 Å². The molecular weight excluding hydrogens is 143 g/mol. The van der Waals surface area contributed by atoms with Gasteiger partial charge in [-0.15, -0.1) is 0 Å². The van der Waals surface area contributed by atoms with Crippen molar-refractivity contribution in [2.45, 2.75) is 13.3 Å². The first-order valence-electron chi connectivity index (χ1n) is 3.44. The van der Waals surface area contributed by atoms with Crippen molar-refractivity contribution in [3.05, 3.63) is 35.1 Å². The summed E-state index contributed by atoms with van der Waals surface area (Å²) >= 11 is 0. The number of rotatable bonds is 2. The molecule has 0 spiro atoms. The van der Waals surface area contributed by atoms with Crippen molar-refractivity contribution in [1.82, 2.24) is 0 Å². The number of aryl methyl sites for hydroxylation is 1. The van der Waals surface area contributed by atoms with E-state index in [4.69, 9.17) is 0 Å². The topological polar surface area (TPSA) is 17.1 Å². The molecule has 0 unspecified atom stereocenters. The minimum Gasteiger partial charge on any atom is -0.285 e. The minimum absolute atomic E-state index is 0.258. The minimum atomic E-state index is -0.258. The van der Waals surface area contributed by atoms with Crippen LogP contribution in [0.2, 0.25) is 0 Å². The van der Waals surface area contributed by atoms with Gasteiger partial charge in [0, 0.05) is 5.56 Å². The molecule has 11 heavy (non-hydrogen) atoms. The van der Waals surface area contributed by atoms with E-state index in [2.05, 4.69) is 0 Å². The summed E-state index contributed by atoms with van der Waals surface area (Å²) in [6.07, 6.45) is 2.31. The third-order valence-electron chi connectivity index (χ3n) is 1.54. The first-order valence-corrected chi connectivity index (χ1v) is 3.44. The molecule has 2 heteroatoms. The largest absolute Gasteiger partial charge is 0.285 e. The molecule has 1 radical (unpaired) electrons. The zero-order valence-corrected chi connectivity index (χ0v) is 6.23. The summed E-state index contributed by atoms with van der Waals surface area (Å²) in [6.45, 7) is 1.84. The number of halogens is 1. The van der Waals surface area contributed by atoms with Crippen molar-refractivity contribution in [1.29, 1.82) is 0 Å². The zero-order chi connectivity index (χ0) is 8.27. The Hall–Kier alpha value is -1.18. The van der Waals surface area contributed by atoms with Crippen LogP contribution in [0.15, 0.2) is 18.2 Å². The Labute approximate surface area is 64.9 Å². The highest BCUT2D eigenvalue weighted by molar-refractivity contribution is 5.75. The van der Waals surface area contributed by atoms with Gasteiger partial charge in [0.2, 0.25) is 6.29 Å². The van der Waals surface area contributed by atoms with E-state index in [-0.39, 0.29) is 5.82 Å². The van der Waals surface area contributed by atoms with Crippen molar-refractivity contribution in [3.8, 4) is 0 Å². The summed E-state index contributed by atoms with van der Waals surface area (Å²) in [4.78, 5) is 10.1. The maximum absolute atomic E-state index is 12.8. The molecular formula is C9H8FO. The average Bonchev–Trinajstić information content (AvgIpc) is 2.05. The van der Waals surface area contributed by atoms with E-state index < -0.39 is 0 Å². The Morgan fingerprint density at radius 1 is 1.55 bits per heavy atom. The van der Waals surface area contributed by atoms with Crippen molar-refractivity contribution < 1.29 is 9.18 Å². The molecule has 0 bridgehead atoms.